The van der Waals surface area contributed by atoms with E-state index in [-0.39, 0.29) is 18.4 Å². The highest BCUT2D eigenvalue weighted by molar-refractivity contribution is 7.90. The Labute approximate surface area is 192 Å². The van der Waals surface area contributed by atoms with Crippen molar-refractivity contribution in [1.82, 2.24) is 14.2 Å². The SMILES string of the molecule is NCCCCC(=O)N1CCC(CN2Cc3cc(Cl)c4c(Cl)c[nH]c4c3NS2(=O)=O)CC1. The van der Waals surface area contributed by atoms with Crippen molar-refractivity contribution in [3.05, 3.63) is 27.9 Å². The molecule has 2 aliphatic heterocycles. The van der Waals surface area contributed by atoms with E-state index < -0.39 is 10.2 Å². The summed E-state index contributed by atoms with van der Waals surface area (Å²) in [6.07, 6.45) is 5.37. The number of piperidine rings is 1. The number of nitrogens with one attached hydrogen (secondary N) is 2. The molecule has 8 nitrogen and oxygen atoms in total. The minimum absolute atomic E-state index is 0.163. The Morgan fingerprint density at radius 3 is 2.65 bits per heavy atom. The maximum atomic E-state index is 12.9. The van der Waals surface area contributed by atoms with Crippen molar-refractivity contribution in [1.29, 1.82) is 0 Å². The van der Waals surface area contributed by atoms with Crippen LogP contribution in [0.1, 0.15) is 37.7 Å². The van der Waals surface area contributed by atoms with Gasteiger partial charge in [0.25, 0.3) is 0 Å². The van der Waals surface area contributed by atoms with Crippen LogP contribution < -0.4 is 10.5 Å². The van der Waals surface area contributed by atoms with Crippen molar-refractivity contribution in [2.45, 2.75) is 38.6 Å². The highest BCUT2D eigenvalue weighted by atomic mass is 35.5. The quantitative estimate of drug-likeness (QED) is 0.542. The Bertz CT molecular complexity index is 1080. The van der Waals surface area contributed by atoms with E-state index >= 15 is 0 Å². The molecular weight excluding hydrogens is 461 g/mol. The Kier molecular flexibility index (Phi) is 6.69. The summed E-state index contributed by atoms with van der Waals surface area (Å²) < 4.78 is 30.0. The third-order valence-corrected chi connectivity index (χ3v) is 8.15. The van der Waals surface area contributed by atoms with Crippen LogP contribution in [0.2, 0.25) is 10.0 Å². The van der Waals surface area contributed by atoms with Crippen LogP contribution in [0.4, 0.5) is 5.69 Å². The summed E-state index contributed by atoms with van der Waals surface area (Å²) in [7, 11) is -3.69. The molecule has 31 heavy (non-hydrogen) atoms. The largest absolute Gasteiger partial charge is 0.358 e. The van der Waals surface area contributed by atoms with Crippen LogP contribution >= 0.6 is 23.2 Å². The van der Waals surface area contributed by atoms with E-state index in [2.05, 4.69) is 9.71 Å². The zero-order valence-electron chi connectivity index (χ0n) is 17.2. The predicted molar refractivity (Wildman–Crippen MR) is 123 cm³/mol. The van der Waals surface area contributed by atoms with Gasteiger partial charge in [-0.2, -0.15) is 12.7 Å². The molecule has 0 aliphatic carbocycles. The van der Waals surface area contributed by atoms with Gasteiger partial charge in [-0.05, 0) is 49.8 Å². The first-order valence-electron chi connectivity index (χ1n) is 10.5. The lowest BCUT2D eigenvalue weighted by atomic mass is 9.96. The molecule has 1 amide bonds. The summed E-state index contributed by atoms with van der Waals surface area (Å²) in [5.74, 6) is 0.363. The lowest BCUT2D eigenvalue weighted by Crippen LogP contribution is -2.45. The van der Waals surface area contributed by atoms with Crippen LogP contribution in [0.3, 0.4) is 0 Å². The predicted octanol–water partition coefficient (Wildman–Crippen LogP) is 3.31. The van der Waals surface area contributed by atoms with Gasteiger partial charge in [0, 0.05) is 44.2 Å². The third-order valence-electron chi connectivity index (χ3n) is 6.13. The number of carbonyl (C=O) groups excluding carboxylic acids is 1. The van der Waals surface area contributed by atoms with Gasteiger partial charge in [-0.1, -0.05) is 23.2 Å². The van der Waals surface area contributed by atoms with Crippen molar-refractivity contribution < 1.29 is 13.2 Å². The number of likely N-dealkylation sites (tertiary alicyclic amines) is 1. The van der Waals surface area contributed by atoms with Crippen LogP contribution in [-0.4, -0.2) is 54.7 Å². The minimum Gasteiger partial charge on any atom is -0.358 e. The molecule has 0 unspecified atom stereocenters. The first kappa shape index (κ1) is 22.7. The molecule has 2 aromatic rings. The summed E-state index contributed by atoms with van der Waals surface area (Å²) in [6.45, 7) is 2.58. The van der Waals surface area contributed by atoms with Gasteiger partial charge in [0.15, 0.2) is 0 Å². The van der Waals surface area contributed by atoms with Crippen LogP contribution in [0.5, 0.6) is 0 Å². The van der Waals surface area contributed by atoms with Gasteiger partial charge in [-0.3, -0.25) is 9.52 Å². The number of nitrogens with two attached hydrogens (primary N) is 1. The zero-order valence-corrected chi connectivity index (χ0v) is 19.5. The van der Waals surface area contributed by atoms with Gasteiger partial charge >= 0.3 is 10.2 Å². The summed E-state index contributed by atoms with van der Waals surface area (Å²) in [5, 5.41) is 1.55. The van der Waals surface area contributed by atoms with Gasteiger partial charge in [0.2, 0.25) is 5.91 Å². The number of amides is 1. The minimum atomic E-state index is -3.69. The molecule has 170 valence electrons. The number of aromatic nitrogens is 1. The number of hydrogen-bond acceptors (Lipinski definition) is 4. The molecule has 1 fully saturated rings. The highest BCUT2D eigenvalue weighted by Gasteiger charge is 2.34. The van der Waals surface area contributed by atoms with Gasteiger partial charge in [0.05, 0.1) is 21.2 Å². The molecule has 0 atom stereocenters. The van der Waals surface area contributed by atoms with E-state index in [0.717, 1.165) is 31.2 Å². The Morgan fingerprint density at radius 2 is 1.94 bits per heavy atom. The summed E-state index contributed by atoms with van der Waals surface area (Å²) in [6, 6.07) is 1.77. The van der Waals surface area contributed by atoms with E-state index in [9.17, 15) is 13.2 Å². The number of anilines is 1. The molecule has 0 bridgehead atoms. The second-order valence-electron chi connectivity index (χ2n) is 8.25. The molecule has 2 aliphatic rings. The molecule has 1 aromatic carbocycles. The van der Waals surface area contributed by atoms with Crippen molar-refractivity contribution in [2.75, 3.05) is 30.9 Å². The highest BCUT2D eigenvalue weighted by Crippen LogP contribution is 2.40. The lowest BCUT2D eigenvalue weighted by molar-refractivity contribution is -0.132. The maximum Gasteiger partial charge on any atom is 0.302 e. The average Bonchev–Trinajstić information content (AvgIpc) is 3.12. The van der Waals surface area contributed by atoms with Crippen LogP contribution in [0.25, 0.3) is 10.9 Å². The molecule has 4 rings (SSSR count). The fraction of sp³-hybridized carbons (Fsp3) is 0.550. The average molecular weight is 488 g/mol. The van der Waals surface area contributed by atoms with Gasteiger partial charge < -0.3 is 15.6 Å². The number of halogens is 2. The van der Waals surface area contributed by atoms with Crippen LogP contribution in [0.15, 0.2) is 12.3 Å². The van der Waals surface area contributed by atoms with Crippen molar-refractivity contribution in [2.24, 2.45) is 11.7 Å². The number of carbonyl (C=O) groups is 1. The maximum absolute atomic E-state index is 12.9. The topological polar surface area (TPSA) is 112 Å². The van der Waals surface area contributed by atoms with E-state index in [1.807, 2.05) is 4.90 Å². The summed E-state index contributed by atoms with van der Waals surface area (Å²) in [5.41, 5.74) is 7.39. The van der Waals surface area contributed by atoms with Gasteiger partial charge in [0.1, 0.15) is 0 Å². The monoisotopic (exact) mass is 487 g/mol. The Balaban J connectivity index is 1.42. The number of benzene rings is 1. The van der Waals surface area contributed by atoms with Gasteiger partial charge in [-0.15, -0.1) is 0 Å². The molecule has 11 heteroatoms. The third kappa shape index (κ3) is 4.66. The smallest absolute Gasteiger partial charge is 0.302 e. The van der Waals surface area contributed by atoms with Crippen molar-refractivity contribution in [3.63, 3.8) is 0 Å². The number of hydrogen-bond donors (Lipinski definition) is 3. The van der Waals surface area contributed by atoms with Crippen molar-refractivity contribution >= 4 is 55.9 Å². The number of fused-ring (bicyclic) bond motifs is 3. The Hall–Kier alpha value is -1.52. The van der Waals surface area contributed by atoms with E-state index in [0.29, 0.717) is 59.2 Å². The fourth-order valence-electron chi connectivity index (χ4n) is 4.39. The van der Waals surface area contributed by atoms with E-state index in [4.69, 9.17) is 28.9 Å². The van der Waals surface area contributed by atoms with E-state index in [1.165, 1.54) is 4.31 Å². The zero-order chi connectivity index (χ0) is 22.2. The molecule has 3 heterocycles. The summed E-state index contributed by atoms with van der Waals surface area (Å²) >= 11 is 12.6. The lowest BCUT2D eigenvalue weighted by Gasteiger charge is -2.36. The second-order valence-corrected chi connectivity index (χ2v) is 10.7. The van der Waals surface area contributed by atoms with E-state index in [1.54, 1.807) is 12.3 Å². The number of nitrogens with zero attached hydrogens (tertiary/aromatic N) is 2. The van der Waals surface area contributed by atoms with Crippen LogP contribution in [-0.2, 0) is 21.5 Å². The number of H-pyrrole nitrogens is 1. The first-order chi connectivity index (χ1) is 14.8. The number of aromatic amines is 1. The second kappa shape index (κ2) is 9.15. The standard InChI is InChI=1S/C20H27Cl2N5O3S/c21-15-9-14-12-27(31(29,30)25-19(14)20-18(15)16(22)10-24-20)11-13-4-7-26(8-5-13)17(28)3-1-2-6-23/h9-10,13,24-25H,1-8,11-12,23H2. The van der Waals surface area contributed by atoms with Crippen LogP contribution in [0, 0.1) is 5.92 Å². The fourth-order valence-corrected chi connectivity index (χ4v) is 6.36. The number of rotatable bonds is 6. The van der Waals surface area contributed by atoms with Gasteiger partial charge in [-0.25, -0.2) is 0 Å². The molecule has 0 radical (unpaired) electrons. The normalized spacial score (nSPS) is 19.4. The number of unbranched alkanes of at least 4 members (excludes halogenated alkanes) is 1. The molecule has 0 spiro atoms. The molecule has 4 N–H and O–H groups in total. The van der Waals surface area contributed by atoms with Crippen molar-refractivity contribution in [3.8, 4) is 0 Å². The Morgan fingerprint density at radius 1 is 1.19 bits per heavy atom. The first-order valence-corrected chi connectivity index (χ1v) is 12.7. The molecule has 1 aromatic heterocycles. The molecule has 1 saturated heterocycles. The molecule has 0 saturated carbocycles. The summed E-state index contributed by atoms with van der Waals surface area (Å²) in [4.78, 5) is 17.2. The molecular formula is C20H27Cl2N5O3S.